The summed E-state index contributed by atoms with van der Waals surface area (Å²) in [6.07, 6.45) is 1.47. The first-order chi connectivity index (χ1) is 14.8. The average Bonchev–Trinajstić information content (AvgIpc) is 3.41. The molecule has 7 nitrogen and oxygen atoms in total. The highest BCUT2D eigenvalue weighted by Gasteiger charge is 2.24. The fourth-order valence-electron chi connectivity index (χ4n) is 3.54. The molecule has 0 spiro atoms. The van der Waals surface area contributed by atoms with E-state index in [9.17, 15) is 9.59 Å². The Kier molecular flexibility index (Phi) is 5.59. The maximum atomic E-state index is 12.9. The molecule has 0 aliphatic carbocycles. The summed E-state index contributed by atoms with van der Waals surface area (Å²) in [7, 11) is 0. The zero-order valence-corrected chi connectivity index (χ0v) is 18.0. The molecular weight excluding hydrogens is 392 g/mol. The predicted molar refractivity (Wildman–Crippen MR) is 118 cm³/mol. The lowest BCUT2D eigenvalue weighted by atomic mass is 9.96. The molecule has 1 N–H and O–H groups in total. The molecular formula is C24H26N4O3. The summed E-state index contributed by atoms with van der Waals surface area (Å²) in [5.41, 5.74) is 2.61. The number of nitrogens with one attached hydrogen (secondary N) is 1. The van der Waals surface area contributed by atoms with Crippen LogP contribution in [0.5, 0.6) is 0 Å². The fraction of sp³-hybridized carbons (Fsp3) is 0.333. The van der Waals surface area contributed by atoms with Crippen LogP contribution in [-0.2, 0) is 16.8 Å². The largest absolute Gasteiger partial charge is 0.348 e. The number of carbonyl (C=O) groups excluding carboxylic acids is 2. The second-order valence-corrected chi connectivity index (χ2v) is 8.72. The Morgan fingerprint density at radius 2 is 1.97 bits per heavy atom. The van der Waals surface area contributed by atoms with Gasteiger partial charge in [-0.1, -0.05) is 50.2 Å². The standard InChI is InChI=1S/C24H26N4O3/c1-24(2,3)23-26-22(31-27-23)19-11-5-4-10-18(19)21(30)25-15-16-8-6-9-17(14-16)28-13-7-12-20(28)29/h4-6,8-11,14H,7,12-13,15H2,1-3H3,(H,25,30). The van der Waals surface area contributed by atoms with Crippen LogP contribution in [0.2, 0.25) is 0 Å². The molecule has 0 radical (unpaired) electrons. The number of amides is 2. The zero-order valence-electron chi connectivity index (χ0n) is 18.0. The normalized spacial score (nSPS) is 14.2. The number of carbonyl (C=O) groups is 2. The zero-order chi connectivity index (χ0) is 22.0. The van der Waals surface area contributed by atoms with E-state index in [0.717, 1.165) is 24.2 Å². The first-order valence-corrected chi connectivity index (χ1v) is 10.4. The van der Waals surface area contributed by atoms with Crippen molar-refractivity contribution in [2.75, 3.05) is 11.4 Å². The minimum atomic E-state index is -0.249. The van der Waals surface area contributed by atoms with E-state index in [0.29, 0.717) is 35.8 Å². The van der Waals surface area contributed by atoms with Gasteiger partial charge in [-0.05, 0) is 36.2 Å². The van der Waals surface area contributed by atoms with Gasteiger partial charge >= 0.3 is 0 Å². The molecule has 0 bridgehead atoms. The molecule has 4 rings (SSSR count). The summed E-state index contributed by atoms with van der Waals surface area (Å²) < 4.78 is 5.44. The second-order valence-electron chi connectivity index (χ2n) is 8.72. The third kappa shape index (κ3) is 4.50. The van der Waals surface area contributed by atoms with Crippen molar-refractivity contribution in [3.63, 3.8) is 0 Å². The molecule has 1 fully saturated rings. The molecule has 31 heavy (non-hydrogen) atoms. The lowest BCUT2D eigenvalue weighted by Gasteiger charge is -2.16. The summed E-state index contributed by atoms with van der Waals surface area (Å²) >= 11 is 0. The molecule has 0 unspecified atom stereocenters. The quantitative estimate of drug-likeness (QED) is 0.674. The second kappa shape index (κ2) is 8.34. The fourth-order valence-corrected chi connectivity index (χ4v) is 3.54. The molecule has 2 amide bonds. The van der Waals surface area contributed by atoms with Gasteiger partial charge in [-0.3, -0.25) is 9.59 Å². The molecule has 0 saturated carbocycles. The van der Waals surface area contributed by atoms with Crippen LogP contribution in [-0.4, -0.2) is 28.5 Å². The molecule has 3 aromatic rings. The Morgan fingerprint density at radius 1 is 1.16 bits per heavy atom. The lowest BCUT2D eigenvalue weighted by Crippen LogP contribution is -2.25. The van der Waals surface area contributed by atoms with Gasteiger partial charge in [0.05, 0.1) is 11.1 Å². The van der Waals surface area contributed by atoms with Gasteiger partial charge in [-0.15, -0.1) is 0 Å². The van der Waals surface area contributed by atoms with E-state index in [-0.39, 0.29) is 17.2 Å². The Bertz CT molecular complexity index is 1110. The van der Waals surface area contributed by atoms with Gasteiger partial charge in [0.1, 0.15) is 0 Å². The van der Waals surface area contributed by atoms with Gasteiger partial charge in [0.15, 0.2) is 5.82 Å². The monoisotopic (exact) mass is 418 g/mol. The van der Waals surface area contributed by atoms with Gasteiger partial charge in [-0.25, -0.2) is 0 Å². The lowest BCUT2D eigenvalue weighted by molar-refractivity contribution is -0.117. The highest BCUT2D eigenvalue weighted by atomic mass is 16.5. The summed E-state index contributed by atoms with van der Waals surface area (Å²) in [5, 5.41) is 7.02. The highest BCUT2D eigenvalue weighted by molar-refractivity contribution is 6.00. The Balaban J connectivity index is 1.50. The van der Waals surface area contributed by atoms with Crippen molar-refractivity contribution in [1.82, 2.24) is 15.5 Å². The SMILES string of the molecule is CC(C)(C)c1noc(-c2ccccc2C(=O)NCc2cccc(N3CCCC3=O)c2)n1. The van der Waals surface area contributed by atoms with E-state index < -0.39 is 0 Å². The smallest absolute Gasteiger partial charge is 0.258 e. The minimum Gasteiger partial charge on any atom is -0.348 e. The predicted octanol–water partition coefficient (Wildman–Crippen LogP) is 4.09. The van der Waals surface area contributed by atoms with Crippen molar-refractivity contribution < 1.29 is 14.1 Å². The van der Waals surface area contributed by atoms with Gasteiger partial charge < -0.3 is 14.7 Å². The van der Waals surface area contributed by atoms with Crippen LogP contribution in [0.4, 0.5) is 5.69 Å². The van der Waals surface area contributed by atoms with Crippen LogP contribution in [0, 0.1) is 0 Å². The van der Waals surface area contributed by atoms with Crippen LogP contribution < -0.4 is 10.2 Å². The topological polar surface area (TPSA) is 88.3 Å². The highest BCUT2D eigenvalue weighted by Crippen LogP contribution is 2.26. The molecule has 2 heterocycles. The summed E-state index contributed by atoms with van der Waals surface area (Å²) in [5.74, 6) is 0.828. The van der Waals surface area contributed by atoms with Gasteiger partial charge in [0.2, 0.25) is 5.91 Å². The average molecular weight is 418 g/mol. The van der Waals surface area contributed by atoms with Gasteiger partial charge in [0, 0.05) is 30.6 Å². The number of rotatable bonds is 5. The summed E-state index contributed by atoms with van der Waals surface area (Å²) in [6.45, 7) is 7.10. The number of hydrogen-bond acceptors (Lipinski definition) is 5. The van der Waals surface area contributed by atoms with Crippen molar-refractivity contribution in [1.29, 1.82) is 0 Å². The third-order valence-corrected chi connectivity index (χ3v) is 5.25. The summed E-state index contributed by atoms with van der Waals surface area (Å²) in [4.78, 5) is 31.2. The van der Waals surface area contributed by atoms with E-state index >= 15 is 0 Å². The van der Waals surface area contributed by atoms with Crippen molar-refractivity contribution in [3.8, 4) is 11.5 Å². The Morgan fingerprint density at radius 3 is 2.68 bits per heavy atom. The van der Waals surface area contributed by atoms with Crippen LogP contribution >= 0.6 is 0 Å². The van der Waals surface area contributed by atoms with E-state index in [1.165, 1.54) is 0 Å². The van der Waals surface area contributed by atoms with Crippen molar-refractivity contribution >= 4 is 17.5 Å². The van der Waals surface area contributed by atoms with Crippen LogP contribution in [0.1, 0.15) is 55.4 Å². The number of benzene rings is 2. The van der Waals surface area contributed by atoms with E-state index in [2.05, 4.69) is 15.5 Å². The van der Waals surface area contributed by atoms with Crippen LogP contribution in [0.25, 0.3) is 11.5 Å². The van der Waals surface area contributed by atoms with Crippen molar-refractivity contribution in [2.24, 2.45) is 0 Å². The minimum absolute atomic E-state index is 0.143. The number of nitrogens with zero attached hydrogens (tertiary/aromatic N) is 3. The molecule has 1 saturated heterocycles. The molecule has 7 heteroatoms. The van der Waals surface area contributed by atoms with Crippen molar-refractivity contribution in [2.45, 2.75) is 45.6 Å². The van der Waals surface area contributed by atoms with Gasteiger partial charge in [-0.2, -0.15) is 4.98 Å². The molecule has 1 aliphatic heterocycles. The van der Waals surface area contributed by atoms with Crippen molar-refractivity contribution in [3.05, 3.63) is 65.5 Å². The van der Waals surface area contributed by atoms with E-state index in [1.54, 1.807) is 23.1 Å². The molecule has 160 valence electrons. The number of aromatic nitrogens is 2. The van der Waals surface area contributed by atoms with Gasteiger partial charge in [0.25, 0.3) is 11.8 Å². The first kappa shape index (κ1) is 20.8. The maximum Gasteiger partial charge on any atom is 0.258 e. The number of anilines is 1. The molecule has 1 aromatic heterocycles. The molecule has 1 aliphatic rings. The first-order valence-electron chi connectivity index (χ1n) is 10.4. The maximum absolute atomic E-state index is 12.9. The summed E-state index contributed by atoms with van der Waals surface area (Å²) in [6, 6.07) is 14.9. The Hall–Kier alpha value is -3.48. The van der Waals surface area contributed by atoms with E-state index in [1.807, 2.05) is 51.1 Å². The van der Waals surface area contributed by atoms with Crippen LogP contribution in [0.3, 0.4) is 0 Å². The Labute approximate surface area is 181 Å². The molecule has 2 aromatic carbocycles. The van der Waals surface area contributed by atoms with E-state index in [4.69, 9.17) is 4.52 Å². The van der Waals surface area contributed by atoms with Crippen LogP contribution in [0.15, 0.2) is 53.1 Å². The third-order valence-electron chi connectivity index (χ3n) is 5.25. The molecule has 0 atom stereocenters. The number of hydrogen-bond donors (Lipinski definition) is 1.